The fourth-order valence-corrected chi connectivity index (χ4v) is 0.497. The summed E-state index contributed by atoms with van der Waals surface area (Å²) in [7, 11) is 0. The summed E-state index contributed by atoms with van der Waals surface area (Å²) in [5.74, 6) is -0.652. The first kappa shape index (κ1) is 10.2. The zero-order valence-corrected chi connectivity index (χ0v) is 6.19. The third-order valence-electron chi connectivity index (χ3n) is 0.948. The highest BCUT2D eigenvalue weighted by Gasteiger charge is 1.98. The Kier molecular flexibility index (Phi) is 4.99. The number of carbonyl (C=O) groups excluding carboxylic acids is 3. The minimum absolute atomic E-state index is 0.395. The van der Waals surface area contributed by atoms with E-state index >= 15 is 0 Å². The van der Waals surface area contributed by atoms with Crippen LogP contribution in [0.15, 0.2) is 12.2 Å². The first-order valence-corrected chi connectivity index (χ1v) is 3.07. The number of amides is 3. The van der Waals surface area contributed by atoms with Crippen LogP contribution in [-0.4, -0.2) is 24.9 Å². The maximum absolute atomic E-state index is 10.2. The van der Waals surface area contributed by atoms with Crippen molar-refractivity contribution in [3.63, 3.8) is 0 Å². The topological polar surface area (TPSA) is 101 Å². The molecule has 66 valence electrons. The molecule has 0 fully saturated rings. The van der Waals surface area contributed by atoms with E-state index in [1.165, 1.54) is 6.08 Å². The first-order valence-electron chi connectivity index (χ1n) is 3.07. The van der Waals surface area contributed by atoms with Crippen LogP contribution < -0.4 is 16.4 Å². The molecular weight excluding hydrogens is 162 g/mol. The zero-order chi connectivity index (χ0) is 9.40. The number of nitrogens with one attached hydrogen (secondary N) is 2. The van der Waals surface area contributed by atoms with E-state index in [0.29, 0.717) is 12.8 Å². The third kappa shape index (κ3) is 4.98. The van der Waals surface area contributed by atoms with E-state index in [0.717, 1.165) is 6.08 Å². The van der Waals surface area contributed by atoms with Crippen LogP contribution in [-0.2, 0) is 14.4 Å². The molecule has 0 aromatic carbocycles. The van der Waals surface area contributed by atoms with Gasteiger partial charge in [0.05, 0.1) is 0 Å². The summed E-state index contributed by atoms with van der Waals surface area (Å²) in [5.41, 5.74) is 4.78. The molecule has 0 radical (unpaired) electrons. The van der Waals surface area contributed by atoms with Crippen LogP contribution in [0.5, 0.6) is 0 Å². The Balaban J connectivity index is 4.00. The summed E-state index contributed by atoms with van der Waals surface area (Å²) >= 11 is 0. The highest BCUT2D eigenvalue weighted by atomic mass is 16.1. The van der Waals surface area contributed by atoms with Gasteiger partial charge in [0, 0.05) is 6.08 Å². The SMILES string of the molecule is NC(=O)C=CC(NC=O)NC=O. The van der Waals surface area contributed by atoms with Gasteiger partial charge < -0.3 is 16.4 Å². The van der Waals surface area contributed by atoms with Crippen molar-refractivity contribution in [3.05, 3.63) is 12.2 Å². The Bertz CT molecular complexity index is 192. The second kappa shape index (κ2) is 5.90. The lowest BCUT2D eigenvalue weighted by Gasteiger charge is -2.08. The lowest BCUT2D eigenvalue weighted by molar-refractivity contribution is -0.114. The van der Waals surface area contributed by atoms with Gasteiger partial charge in [-0.2, -0.15) is 0 Å². The monoisotopic (exact) mass is 171 g/mol. The molecule has 0 atom stereocenters. The van der Waals surface area contributed by atoms with Crippen LogP contribution in [0.2, 0.25) is 0 Å². The molecule has 0 saturated carbocycles. The smallest absolute Gasteiger partial charge is 0.241 e. The molecule has 3 amide bonds. The second-order valence-corrected chi connectivity index (χ2v) is 1.81. The fraction of sp³-hybridized carbons (Fsp3) is 0.167. The second-order valence-electron chi connectivity index (χ2n) is 1.81. The minimum Gasteiger partial charge on any atom is -0.366 e. The fourth-order valence-electron chi connectivity index (χ4n) is 0.497. The predicted octanol–water partition coefficient (Wildman–Crippen LogP) is -2.15. The normalized spacial score (nSPS) is 9.75. The number of hydrogen-bond donors (Lipinski definition) is 3. The molecule has 6 nitrogen and oxygen atoms in total. The largest absolute Gasteiger partial charge is 0.366 e. The van der Waals surface area contributed by atoms with Crippen LogP contribution in [0.4, 0.5) is 0 Å². The molecular formula is C6H9N3O3. The van der Waals surface area contributed by atoms with E-state index in [9.17, 15) is 14.4 Å². The quantitative estimate of drug-likeness (QED) is 0.241. The van der Waals surface area contributed by atoms with E-state index in [-0.39, 0.29) is 0 Å². The van der Waals surface area contributed by atoms with Gasteiger partial charge in [-0.05, 0) is 6.08 Å². The van der Waals surface area contributed by atoms with E-state index in [1.807, 2.05) is 0 Å². The van der Waals surface area contributed by atoms with Crippen molar-refractivity contribution in [2.75, 3.05) is 0 Å². The van der Waals surface area contributed by atoms with Crippen LogP contribution in [0, 0.1) is 0 Å². The standard InChI is InChI=1S/C6H9N3O3/c7-5(12)1-2-6(8-3-10)9-4-11/h1-4,6H,(H2,7,12)(H,8,10)(H,9,11). The van der Waals surface area contributed by atoms with Crippen molar-refractivity contribution < 1.29 is 14.4 Å². The Morgan fingerprint density at radius 1 is 1.25 bits per heavy atom. The molecule has 0 rings (SSSR count). The predicted molar refractivity (Wildman–Crippen MR) is 40.5 cm³/mol. The summed E-state index contributed by atoms with van der Waals surface area (Å²) in [5, 5.41) is 4.44. The Hall–Kier alpha value is -1.85. The van der Waals surface area contributed by atoms with Gasteiger partial charge in [-0.3, -0.25) is 14.4 Å². The molecule has 0 unspecified atom stereocenters. The van der Waals surface area contributed by atoms with Crippen molar-refractivity contribution >= 4 is 18.7 Å². The van der Waals surface area contributed by atoms with Gasteiger partial charge in [-0.25, -0.2) is 0 Å². The van der Waals surface area contributed by atoms with Gasteiger partial charge in [0.15, 0.2) is 0 Å². The minimum atomic E-state index is -0.701. The van der Waals surface area contributed by atoms with Crippen molar-refractivity contribution in [1.82, 2.24) is 10.6 Å². The Labute approximate surface area is 68.8 Å². The van der Waals surface area contributed by atoms with E-state index in [2.05, 4.69) is 10.6 Å². The van der Waals surface area contributed by atoms with Gasteiger partial charge in [0.2, 0.25) is 18.7 Å². The zero-order valence-electron chi connectivity index (χ0n) is 6.19. The van der Waals surface area contributed by atoms with Crippen LogP contribution in [0.1, 0.15) is 0 Å². The number of carbonyl (C=O) groups is 3. The van der Waals surface area contributed by atoms with Gasteiger partial charge in [-0.15, -0.1) is 0 Å². The molecule has 0 saturated heterocycles. The molecule has 0 spiro atoms. The Morgan fingerprint density at radius 3 is 2.08 bits per heavy atom. The Morgan fingerprint density at radius 2 is 1.75 bits per heavy atom. The van der Waals surface area contributed by atoms with Gasteiger partial charge in [0.1, 0.15) is 6.17 Å². The maximum Gasteiger partial charge on any atom is 0.241 e. The van der Waals surface area contributed by atoms with Crippen LogP contribution >= 0.6 is 0 Å². The molecule has 0 aliphatic heterocycles. The highest BCUT2D eigenvalue weighted by molar-refractivity contribution is 5.85. The average Bonchev–Trinajstić information content (AvgIpc) is 2.01. The van der Waals surface area contributed by atoms with Gasteiger partial charge in [0.25, 0.3) is 0 Å². The number of rotatable bonds is 6. The van der Waals surface area contributed by atoms with Crippen molar-refractivity contribution in [2.24, 2.45) is 5.73 Å². The van der Waals surface area contributed by atoms with E-state index in [1.54, 1.807) is 0 Å². The third-order valence-corrected chi connectivity index (χ3v) is 0.948. The van der Waals surface area contributed by atoms with Crippen LogP contribution in [0.3, 0.4) is 0 Å². The summed E-state index contributed by atoms with van der Waals surface area (Å²) in [6, 6.07) is 0. The molecule has 0 aliphatic carbocycles. The summed E-state index contributed by atoms with van der Waals surface area (Å²) < 4.78 is 0. The molecule has 6 heteroatoms. The highest BCUT2D eigenvalue weighted by Crippen LogP contribution is 1.78. The van der Waals surface area contributed by atoms with Gasteiger partial charge >= 0.3 is 0 Å². The average molecular weight is 171 g/mol. The van der Waals surface area contributed by atoms with Crippen LogP contribution in [0.25, 0.3) is 0 Å². The first-order chi connectivity index (χ1) is 5.70. The molecule has 4 N–H and O–H groups in total. The van der Waals surface area contributed by atoms with Crippen molar-refractivity contribution in [1.29, 1.82) is 0 Å². The summed E-state index contributed by atoms with van der Waals surface area (Å²) in [6.07, 6.45) is 2.38. The summed E-state index contributed by atoms with van der Waals surface area (Å²) in [4.78, 5) is 30.1. The van der Waals surface area contributed by atoms with E-state index < -0.39 is 12.1 Å². The molecule has 0 aliphatic rings. The maximum atomic E-state index is 10.2. The summed E-state index contributed by atoms with van der Waals surface area (Å²) in [6.45, 7) is 0. The molecule has 0 aromatic rings. The number of hydrogen-bond acceptors (Lipinski definition) is 3. The lowest BCUT2D eigenvalue weighted by atomic mass is 10.4. The van der Waals surface area contributed by atoms with Crippen molar-refractivity contribution in [3.8, 4) is 0 Å². The van der Waals surface area contributed by atoms with Gasteiger partial charge in [-0.1, -0.05) is 0 Å². The molecule has 0 bridgehead atoms. The van der Waals surface area contributed by atoms with E-state index in [4.69, 9.17) is 5.73 Å². The molecule has 0 heterocycles. The molecule has 0 aromatic heterocycles. The molecule has 12 heavy (non-hydrogen) atoms. The number of nitrogens with two attached hydrogens (primary N) is 1. The number of primary amides is 1. The lowest BCUT2D eigenvalue weighted by Crippen LogP contribution is -2.39. The van der Waals surface area contributed by atoms with Crippen molar-refractivity contribution in [2.45, 2.75) is 6.17 Å².